The van der Waals surface area contributed by atoms with E-state index < -0.39 is 0 Å². The van der Waals surface area contributed by atoms with Crippen LogP contribution in [0.2, 0.25) is 0 Å². The number of fused-ring (bicyclic) bond motifs is 1. The molecule has 1 aliphatic heterocycles. The molecule has 3 aromatic rings. The molecule has 2 amide bonds. The molecule has 0 spiro atoms. The van der Waals surface area contributed by atoms with Crippen molar-refractivity contribution in [3.8, 4) is 11.5 Å². The summed E-state index contributed by atoms with van der Waals surface area (Å²) in [6, 6.07) is 16.7. The van der Waals surface area contributed by atoms with Crippen LogP contribution in [0.15, 0.2) is 60.0 Å². The molecule has 1 atom stereocenters. The van der Waals surface area contributed by atoms with Gasteiger partial charge in [0.1, 0.15) is 13.2 Å². The van der Waals surface area contributed by atoms with Crippen LogP contribution in [0.5, 0.6) is 11.5 Å². The van der Waals surface area contributed by atoms with Gasteiger partial charge in [0.2, 0.25) is 5.91 Å². The first-order valence-corrected chi connectivity index (χ1v) is 12.9. The Balaban J connectivity index is 1.53. The Hall–Kier alpha value is -3.36. The van der Waals surface area contributed by atoms with Crippen molar-refractivity contribution in [1.29, 1.82) is 0 Å². The van der Waals surface area contributed by atoms with E-state index in [0.717, 1.165) is 17.5 Å². The maximum absolute atomic E-state index is 13.7. The molecule has 36 heavy (non-hydrogen) atoms. The summed E-state index contributed by atoms with van der Waals surface area (Å²) in [5.41, 5.74) is 2.73. The number of benzene rings is 2. The lowest BCUT2D eigenvalue weighted by atomic mass is 10.0. The van der Waals surface area contributed by atoms with E-state index in [1.54, 1.807) is 42.6 Å². The molecule has 0 saturated carbocycles. The Kier molecular flexibility index (Phi) is 8.61. The summed E-state index contributed by atoms with van der Waals surface area (Å²) in [5.74, 6) is 0.977. The maximum atomic E-state index is 13.7. The summed E-state index contributed by atoms with van der Waals surface area (Å²) < 4.78 is 16.8. The fraction of sp³-hybridized carbons (Fsp3) is 0.357. The highest BCUT2D eigenvalue weighted by molar-refractivity contribution is 7.10. The number of rotatable bonds is 10. The van der Waals surface area contributed by atoms with Crippen LogP contribution in [0.25, 0.3) is 0 Å². The Labute approximate surface area is 216 Å². The normalized spacial score (nSPS) is 14.8. The lowest BCUT2D eigenvalue weighted by Crippen LogP contribution is -2.48. The molecule has 0 bridgehead atoms. The fourth-order valence-corrected chi connectivity index (χ4v) is 5.30. The summed E-state index contributed by atoms with van der Waals surface area (Å²) in [5, 5.41) is 2.06. The summed E-state index contributed by atoms with van der Waals surface area (Å²) in [6.07, 6.45) is 0.786. The third kappa shape index (κ3) is 5.88. The SMILES string of the molecule is COCCN(CC(=O)N1CCc2sccc2C1COc1ccccc1OC)C(=O)c1ccc(C)cc1. The molecule has 0 aliphatic carbocycles. The zero-order chi connectivity index (χ0) is 25.5. The number of hydrogen-bond donors (Lipinski definition) is 0. The fourth-order valence-electron chi connectivity index (χ4n) is 4.37. The van der Waals surface area contributed by atoms with Gasteiger partial charge in [-0.15, -0.1) is 11.3 Å². The molecular weight excluding hydrogens is 476 g/mol. The lowest BCUT2D eigenvalue weighted by molar-refractivity contribution is -0.135. The van der Waals surface area contributed by atoms with Gasteiger partial charge < -0.3 is 24.0 Å². The van der Waals surface area contributed by atoms with Gasteiger partial charge in [0.05, 0.1) is 19.8 Å². The van der Waals surface area contributed by atoms with E-state index in [1.165, 1.54) is 4.88 Å². The summed E-state index contributed by atoms with van der Waals surface area (Å²) >= 11 is 1.70. The Morgan fingerprint density at radius 2 is 1.81 bits per heavy atom. The van der Waals surface area contributed by atoms with Crippen molar-refractivity contribution in [1.82, 2.24) is 9.80 Å². The first-order valence-electron chi connectivity index (χ1n) is 12.0. The molecular formula is C28H32N2O5S. The monoisotopic (exact) mass is 508 g/mol. The maximum Gasteiger partial charge on any atom is 0.254 e. The average Bonchev–Trinajstić information content (AvgIpc) is 3.39. The number of hydrogen-bond acceptors (Lipinski definition) is 6. The molecule has 190 valence electrons. The van der Waals surface area contributed by atoms with Gasteiger partial charge in [0.15, 0.2) is 11.5 Å². The molecule has 8 heteroatoms. The second-order valence-electron chi connectivity index (χ2n) is 8.70. The minimum absolute atomic E-state index is 0.0271. The number of thiophene rings is 1. The Morgan fingerprint density at radius 1 is 1.06 bits per heavy atom. The standard InChI is InChI=1S/C28H32N2O5S/c1-20-8-10-21(11-9-20)28(32)29(15-16-33-2)18-27(31)30-14-12-26-22(13-17-36-26)23(30)19-35-25-7-5-4-6-24(25)34-3/h4-11,13,17,23H,12,14-16,18-19H2,1-3H3. The molecule has 7 nitrogen and oxygen atoms in total. The zero-order valence-electron chi connectivity index (χ0n) is 20.9. The zero-order valence-corrected chi connectivity index (χ0v) is 21.8. The van der Waals surface area contributed by atoms with Crippen LogP contribution in [0.4, 0.5) is 0 Å². The number of carbonyl (C=O) groups excluding carboxylic acids is 2. The van der Waals surface area contributed by atoms with Gasteiger partial charge in [-0.2, -0.15) is 0 Å². The molecule has 0 N–H and O–H groups in total. The van der Waals surface area contributed by atoms with Gasteiger partial charge in [-0.25, -0.2) is 0 Å². The minimum atomic E-state index is -0.254. The number of aryl methyl sites for hydroxylation is 1. The van der Waals surface area contributed by atoms with E-state index in [0.29, 0.717) is 43.4 Å². The minimum Gasteiger partial charge on any atom is -0.493 e. The summed E-state index contributed by atoms with van der Waals surface area (Å²) in [4.78, 5) is 31.6. The van der Waals surface area contributed by atoms with Gasteiger partial charge in [0, 0.05) is 30.6 Å². The van der Waals surface area contributed by atoms with Crippen molar-refractivity contribution in [3.05, 3.63) is 81.5 Å². The molecule has 4 rings (SSSR count). The van der Waals surface area contributed by atoms with E-state index in [4.69, 9.17) is 14.2 Å². The third-order valence-electron chi connectivity index (χ3n) is 6.36. The topological polar surface area (TPSA) is 68.3 Å². The summed E-state index contributed by atoms with van der Waals surface area (Å²) in [6.45, 7) is 3.49. The van der Waals surface area contributed by atoms with Crippen LogP contribution < -0.4 is 9.47 Å². The van der Waals surface area contributed by atoms with Crippen molar-refractivity contribution in [2.75, 3.05) is 47.1 Å². The van der Waals surface area contributed by atoms with Crippen LogP contribution in [0.3, 0.4) is 0 Å². The van der Waals surface area contributed by atoms with Gasteiger partial charge in [0.25, 0.3) is 5.91 Å². The molecule has 1 aliphatic rings. The molecule has 1 unspecified atom stereocenters. The van der Waals surface area contributed by atoms with Crippen LogP contribution in [-0.4, -0.2) is 68.7 Å². The van der Waals surface area contributed by atoms with E-state index in [1.807, 2.05) is 48.2 Å². The van der Waals surface area contributed by atoms with Gasteiger partial charge >= 0.3 is 0 Å². The van der Waals surface area contributed by atoms with E-state index >= 15 is 0 Å². The van der Waals surface area contributed by atoms with Crippen LogP contribution in [0.1, 0.15) is 32.4 Å². The quantitative estimate of drug-likeness (QED) is 0.407. The number of nitrogens with zero attached hydrogens (tertiary/aromatic N) is 2. The molecule has 0 saturated heterocycles. The second-order valence-corrected chi connectivity index (χ2v) is 9.70. The van der Waals surface area contributed by atoms with Crippen LogP contribution in [-0.2, 0) is 16.0 Å². The number of para-hydroxylation sites is 2. The molecule has 0 fully saturated rings. The van der Waals surface area contributed by atoms with Crippen LogP contribution >= 0.6 is 11.3 Å². The second kappa shape index (κ2) is 12.1. The smallest absolute Gasteiger partial charge is 0.254 e. The number of carbonyl (C=O) groups is 2. The Bertz CT molecular complexity index is 1180. The molecule has 2 aromatic carbocycles. The van der Waals surface area contributed by atoms with Gasteiger partial charge in [-0.3, -0.25) is 9.59 Å². The van der Waals surface area contributed by atoms with Crippen molar-refractivity contribution in [3.63, 3.8) is 0 Å². The Morgan fingerprint density at radius 3 is 2.53 bits per heavy atom. The highest BCUT2D eigenvalue weighted by Crippen LogP contribution is 2.35. The first-order chi connectivity index (χ1) is 17.5. The lowest BCUT2D eigenvalue weighted by Gasteiger charge is -2.37. The average molecular weight is 509 g/mol. The first kappa shape index (κ1) is 25.7. The summed E-state index contributed by atoms with van der Waals surface area (Å²) in [7, 11) is 3.19. The van der Waals surface area contributed by atoms with Crippen LogP contribution in [0, 0.1) is 6.92 Å². The third-order valence-corrected chi connectivity index (χ3v) is 7.35. The highest BCUT2D eigenvalue weighted by atomic mass is 32.1. The molecule has 1 aromatic heterocycles. The number of methoxy groups -OCH3 is 2. The van der Waals surface area contributed by atoms with E-state index in [2.05, 4.69) is 11.4 Å². The predicted molar refractivity (Wildman–Crippen MR) is 140 cm³/mol. The highest BCUT2D eigenvalue weighted by Gasteiger charge is 2.33. The predicted octanol–water partition coefficient (Wildman–Crippen LogP) is 4.36. The van der Waals surface area contributed by atoms with Gasteiger partial charge in [-0.1, -0.05) is 29.8 Å². The van der Waals surface area contributed by atoms with Crippen molar-refractivity contribution in [2.24, 2.45) is 0 Å². The largest absolute Gasteiger partial charge is 0.493 e. The van der Waals surface area contributed by atoms with Gasteiger partial charge in [-0.05, 0) is 54.6 Å². The number of ether oxygens (including phenoxy) is 3. The van der Waals surface area contributed by atoms with E-state index in [9.17, 15) is 9.59 Å². The molecule has 0 radical (unpaired) electrons. The van der Waals surface area contributed by atoms with Crippen molar-refractivity contribution >= 4 is 23.2 Å². The van der Waals surface area contributed by atoms with Crippen molar-refractivity contribution < 1.29 is 23.8 Å². The van der Waals surface area contributed by atoms with Crippen molar-refractivity contribution in [2.45, 2.75) is 19.4 Å². The number of amides is 2. The van der Waals surface area contributed by atoms with E-state index in [-0.39, 0.29) is 24.4 Å². The molecule has 2 heterocycles.